The van der Waals surface area contributed by atoms with Crippen molar-refractivity contribution >= 4 is 35.3 Å². The molecule has 2 amide bonds. The number of Topliss-reactive ketones (excluding diaryl/α,β-unsaturated/α-hetero) is 3. The number of methoxy groups -OCH3 is 3. The van der Waals surface area contributed by atoms with E-state index in [4.69, 9.17) is 42.7 Å². The van der Waals surface area contributed by atoms with Gasteiger partial charge in [0.1, 0.15) is 36.2 Å². The summed E-state index contributed by atoms with van der Waals surface area (Å²) in [5, 5.41) is 23.6. The fourth-order valence-corrected chi connectivity index (χ4v) is 11.1. The zero-order chi connectivity index (χ0) is 57.5. The summed E-state index contributed by atoms with van der Waals surface area (Å²) < 4.78 is 46.3. The number of ketones is 3. The number of nitrogens with one attached hydrogen (secondary N) is 1. The predicted octanol–water partition coefficient (Wildman–Crippen LogP) is 7.29. The molecule has 19 heteroatoms. The number of nitrogens with zero attached hydrogens (tertiary/aromatic N) is 1. The number of amides is 2. The van der Waals surface area contributed by atoms with Gasteiger partial charge in [-0.2, -0.15) is 5.48 Å². The molecule has 0 spiro atoms. The summed E-state index contributed by atoms with van der Waals surface area (Å²) in [4.78, 5) is 90.6. The van der Waals surface area contributed by atoms with Crippen molar-refractivity contribution in [1.82, 2.24) is 10.4 Å². The van der Waals surface area contributed by atoms with Gasteiger partial charge < -0.3 is 53.0 Å². The summed E-state index contributed by atoms with van der Waals surface area (Å²) in [5.41, 5.74) is 3.52. The lowest BCUT2D eigenvalue weighted by Crippen LogP contribution is -2.61. The number of ether oxygens (including phenoxy) is 8. The number of fused-ring (bicyclic) bond motifs is 3. The van der Waals surface area contributed by atoms with Crippen LogP contribution in [0.2, 0.25) is 0 Å². The van der Waals surface area contributed by atoms with Crippen LogP contribution < -0.4 is 5.48 Å². The Hall–Kier alpha value is -4.18. The fraction of sp³-hybridized carbons (Fsp3) is 0.763. The highest BCUT2D eigenvalue weighted by Gasteiger charge is 2.53. The van der Waals surface area contributed by atoms with Crippen molar-refractivity contribution < 1.29 is 81.7 Å². The number of hydrogen-bond donors (Lipinski definition) is 3. The molecular weight excluding hydrogens is 1010 g/mol. The molecule has 442 valence electrons. The number of esters is 1. The Kier molecular flexibility index (Phi) is 28.5. The Morgan fingerprint density at radius 1 is 0.833 bits per heavy atom. The Morgan fingerprint density at radius 2 is 1.55 bits per heavy atom. The maximum atomic E-state index is 14.6. The molecule has 0 aromatic heterocycles. The molecule has 2 saturated heterocycles. The van der Waals surface area contributed by atoms with E-state index in [9.17, 15) is 39.0 Å². The number of hydroxylamine groups is 1. The van der Waals surface area contributed by atoms with Crippen LogP contribution in [-0.2, 0) is 66.7 Å². The molecule has 0 radical (unpaired) electrons. The molecule has 0 unspecified atom stereocenters. The highest BCUT2D eigenvalue weighted by atomic mass is 16.7. The Labute approximate surface area is 463 Å². The van der Waals surface area contributed by atoms with Crippen molar-refractivity contribution in [3.8, 4) is 0 Å². The third kappa shape index (κ3) is 19.8. The van der Waals surface area contributed by atoms with Crippen LogP contribution in [0.5, 0.6) is 0 Å². The van der Waals surface area contributed by atoms with Crippen LogP contribution in [-0.4, -0.2) is 166 Å². The van der Waals surface area contributed by atoms with E-state index < -0.39 is 102 Å². The lowest BCUT2D eigenvalue weighted by atomic mass is 9.78. The Bertz CT molecular complexity index is 2060. The second-order valence-electron chi connectivity index (χ2n) is 22.1. The van der Waals surface area contributed by atoms with E-state index in [2.05, 4.69) is 5.48 Å². The van der Waals surface area contributed by atoms with Crippen molar-refractivity contribution in [3.63, 3.8) is 0 Å². The zero-order valence-corrected chi connectivity index (χ0v) is 48.4. The fourth-order valence-electron chi connectivity index (χ4n) is 11.1. The minimum atomic E-state index is -2.46. The Morgan fingerprint density at radius 3 is 2.24 bits per heavy atom. The molecule has 1 aliphatic carbocycles. The molecule has 3 heterocycles. The van der Waals surface area contributed by atoms with E-state index in [0.29, 0.717) is 89.6 Å². The quantitative estimate of drug-likeness (QED) is 0.0452. The highest BCUT2D eigenvalue weighted by Crippen LogP contribution is 2.38. The average molecular weight is 1100 g/mol. The third-order valence-corrected chi connectivity index (χ3v) is 15.9. The van der Waals surface area contributed by atoms with Gasteiger partial charge in [-0.25, -0.2) is 9.59 Å². The first-order valence-corrected chi connectivity index (χ1v) is 28.4. The molecule has 1 saturated carbocycles. The van der Waals surface area contributed by atoms with Gasteiger partial charge in [0.05, 0.1) is 44.7 Å². The number of carbonyl (C=O) groups is 6. The number of piperidine rings is 1. The van der Waals surface area contributed by atoms with E-state index in [1.807, 2.05) is 58.1 Å². The number of allylic oxidation sites excluding steroid dienone is 6. The molecule has 0 aromatic rings. The lowest BCUT2D eigenvalue weighted by molar-refractivity contribution is -0.265. The molecule has 0 aromatic carbocycles. The van der Waals surface area contributed by atoms with Gasteiger partial charge in [-0.05, 0) is 113 Å². The van der Waals surface area contributed by atoms with Gasteiger partial charge in [0.2, 0.25) is 5.79 Å². The number of aliphatic hydroxyl groups excluding tert-OH is 1. The molecule has 2 bridgehead atoms. The van der Waals surface area contributed by atoms with E-state index in [1.54, 1.807) is 48.0 Å². The lowest BCUT2D eigenvalue weighted by Gasteiger charge is -2.42. The van der Waals surface area contributed by atoms with Crippen LogP contribution in [0.15, 0.2) is 47.6 Å². The number of hydrogen-bond acceptors (Lipinski definition) is 17. The van der Waals surface area contributed by atoms with Gasteiger partial charge in [0.25, 0.3) is 11.7 Å². The van der Waals surface area contributed by atoms with Gasteiger partial charge in [-0.15, -0.1) is 0 Å². The van der Waals surface area contributed by atoms with Gasteiger partial charge in [-0.3, -0.25) is 24.0 Å². The Balaban J connectivity index is 1.60. The molecule has 78 heavy (non-hydrogen) atoms. The highest BCUT2D eigenvalue weighted by molar-refractivity contribution is 6.39. The smallest absolute Gasteiger partial charge is 0.431 e. The second kappa shape index (κ2) is 33.5. The van der Waals surface area contributed by atoms with E-state index in [-0.39, 0.29) is 56.0 Å². The minimum absolute atomic E-state index is 0.00296. The van der Waals surface area contributed by atoms with Crippen LogP contribution >= 0.6 is 0 Å². The topological polar surface area (TPSA) is 241 Å². The first-order chi connectivity index (χ1) is 37.2. The SMILES string of the molecule is CCCOCCOCCONC(=O)O[C@@H]1CC[C@@H](C[C@@H](C)[C@@H]2CC(=O)[C@H](C)/C=C(\C)[C@@H](O)[C@@H](OC)C(=O)[C@H](C)C[C@H](C)/C=C/C=C/C=C(\C)[C@@H](OC)C[C@@H]3CC[C@@H](C)[C@@](O)(O3)C(=O)C(=O)N3CCCC[C@H]3C(=O)O2)C[C@H]1OC. The second-order valence-corrected chi connectivity index (χ2v) is 22.1. The van der Waals surface area contributed by atoms with Crippen LogP contribution in [0.1, 0.15) is 139 Å². The van der Waals surface area contributed by atoms with Gasteiger partial charge in [-0.1, -0.05) is 78.0 Å². The summed E-state index contributed by atoms with van der Waals surface area (Å²) >= 11 is 0. The van der Waals surface area contributed by atoms with Gasteiger partial charge >= 0.3 is 12.1 Å². The number of cyclic esters (lactones) is 1. The summed E-state index contributed by atoms with van der Waals surface area (Å²) in [5.74, 6) is -8.48. The summed E-state index contributed by atoms with van der Waals surface area (Å²) in [6, 6.07) is -1.19. The largest absolute Gasteiger partial charge is 0.460 e. The predicted molar refractivity (Wildman–Crippen MR) is 290 cm³/mol. The van der Waals surface area contributed by atoms with Crippen molar-refractivity contribution in [2.45, 2.75) is 193 Å². The summed E-state index contributed by atoms with van der Waals surface area (Å²) in [6.07, 6.45) is 10.3. The van der Waals surface area contributed by atoms with Crippen LogP contribution in [0, 0.1) is 35.5 Å². The standard InChI is InChI=1S/C59H94N2O17/c1-12-26-73-27-28-74-29-30-75-60-58(68)77-48-24-22-44(34-51(48)71-10)33-40(5)50-36-47(62)39(4)32-42(7)53(64)54(72-11)52(63)41(6)31-37(2)18-14-13-15-19-38(3)49(70-9)35-45-23-21-43(8)59(69,78-45)55(65)56(66)61-25-17-16-20-46(61)57(67)76-50/h13-15,18-19,32,37,39-41,43-46,48-51,53-54,64,69H,12,16-17,20-31,33-36H2,1-11H3,(H,60,68)/b15-13+,18-14+,38-19+,42-32+/t37-,39-,40-,41-,43-,44+,45+,46+,48-,49+,50+,51-,53-,54+,59-/m1/s1. The molecular formula is C59H94N2O17. The summed E-state index contributed by atoms with van der Waals surface area (Å²) in [7, 11) is 4.48. The number of aliphatic hydroxyl groups is 2. The van der Waals surface area contributed by atoms with E-state index >= 15 is 0 Å². The first kappa shape index (κ1) is 66.3. The van der Waals surface area contributed by atoms with Crippen molar-refractivity contribution in [1.29, 1.82) is 0 Å². The molecule has 3 fully saturated rings. The van der Waals surface area contributed by atoms with Crippen LogP contribution in [0.4, 0.5) is 4.79 Å². The number of rotatable bonds is 16. The molecule has 15 atom stereocenters. The van der Waals surface area contributed by atoms with Gasteiger partial charge in [0.15, 0.2) is 5.78 Å². The molecule has 19 nitrogen and oxygen atoms in total. The third-order valence-electron chi connectivity index (χ3n) is 15.9. The normalized spacial score (nSPS) is 35.5. The minimum Gasteiger partial charge on any atom is -0.460 e. The van der Waals surface area contributed by atoms with Crippen molar-refractivity contribution in [2.24, 2.45) is 35.5 Å². The maximum Gasteiger partial charge on any atom is 0.431 e. The van der Waals surface area contributed by atoms with Crippen LogP contribution in [0.3, 0.4) is 0 Å². The van der Waals surface area contributed by atoms with E-state index in [0.717, 1.165) is 12.0 Å². The molecule has 3 N–H and O–H groups in total. The van der Waals surface area contributed by atoms with Crippen molar-refractivity contribution in [3.05, 3.63) is 47.6 Å². The molecule has 4 aliphatic rings. The number of carbonyl (C=O) groups excluding carboxylic acids is 6. The van der Waals surface area contributed by atoms with Gasteiger partial charge in [0, 0.05) is 65.1 Å². The van der Waals surface area contributed by atoms with Crippen LogP contribution in [0.25, 0.3) is 0 Å². The van der Waals surface area contributed by atoms with E-state index in [1.165, 1.54) is 12.0 Å². The maximum absolute atomic E-state index is 14.6. The monoisotopic (exact) mass is 1100 g/mol. The zero-order valence-electron chi connectivity index (χ0n) is 48.4. The molecule has 3 aliphatic heterocycles. The average Bonchev–Trinajstić information content (AvgIpc) is 3.42. The molecule has 4 rings (SSSR count). The first-order valence-electron chi connectivity index (χ1n) is 28.4. The summed E-state index contributed by atoms with van der Waals surface area (Å²) in [6.45, 7) is 16.5. The van der Waals surface area contributed by atoms with Crippen molar-refractivity contribution in [2.75, 3.05) is 60.9 Å².